The zero-order valence-electron chi connectivity index (χ0n) is 18.8. The van der Waals surface area contributed by atoms with Crippen LogP contribution < -0.4 is 4.90 Å². The van der Waals surface area contributed by atoms with Gasteiger partial charge < -0.3 is 4.90 Å². The standard InChI is InChI=1S/C26H27FN2O3S2/c27-22-7-9-23(10-8-22)29(18-24-5-2-16-33-24)26(30)20-12-14-28(15-13-20)34(31,32)25-11-6-19-3-1-4-21(19)17-25/h2,5-11,16-17,20H,1,3-4,12-15,18H2. The van der Waals surface area contributed by atoms with E-state index in [1.54, 1.807) is 34.4 Å². The predicted molar refractivity (Wildman–Crippen MR) is 132 cm³/mol. The van der Waals surface area contributed by atoms with Gasteiger partial charge in [-0.05, 0) is 91.1 Å². The van der Waals surface area contributed by atoms with Gasteiger partial charge in [0.2, 0.25) is 15.9 Å². The van der Waals surface area contributed by atoms with E-state index in [-0.39, 0.29) is 17.6 Å². The third kappa shape index (κ3) is 4.67. The molecule has 3 aromatic rings. The fourth-order valence-corrected chi connectivity index (χ4v) is 7.11. The van der Waals surface area contributed by atoms with Crippen LogP contribution in [0.3, 0.4) is 0 Å². The summed E-state index contributed by atoms with van der Waals surface area (Å²) in [4.78, 5) is 16.6. The highest BCUT2D eigenvalue weighted by Crippen LogP contribution is 2.30. The number of anilines is 1. The Bertz CT molecular complexity index is 1270. The molecule has 0 saturated carbocycles. The van der Waals surface area contributed by atoms with Gasteiger partial charge in [-0.1, -0.05) is 12.1 Å². The van der Waals surface area contributed by atoms with Gasteiger partial charge in [-0.15, -0.1) is 11.3 Å². The number of thiophene rings is 1. The van der Waals surface area contributed by atoms with Gasteiger partial charge in [-0.2, -0.15) is 4.31 Å². The lowest BCUT2D eigenvalue weighted by molar-refractivity contribution is -0.123. The van der Waals surface area contributed by atoms with E-state index in [0.717, 1.165) is 29.7 Å². The second kappa shape index (κ2) is 9.60. The van der Waals surface area contributed by atoms with Gasteiger partial charge in [0.15, 0.2) is 0 Å². The Morgan fingerprint density at radius 2 is 1.76 bits per heavy atom. The first-order valence-corrected chi connectivity index (χ1v) is 13.9. The maximum atomic E-state index is 13.5. The highest BCUT2D eigenvalue weighted by atomic mass is 32.2. The van der Waals surface area contributed by atoms with Gasteiger partial charge in [0, 0.05) is 29.6 Å². The number of fused-ring (bicyclic) bond motifs is 1. The summed E-state index contributed by atoms with van der Waals surface area (Å²) in [5, 5.41) is 1.96. The van der Waals surface area contributed by atoms with Crippen molar-refractivity contribution in [2.75, 3.05) is 18.0 Å². The summed E-state index contributed by atoms with van der Waals surface area (Å²) in [6.45, 7) is 1.04. The molecule has 1 aliphatic carbocycles. The summed E-state index contributed by atoms with van der Waals surface area (Å²) >= 11 is 1.57. The van der Waals surface area contributed by atoms with Crippen LogP contribution in [-0.4, -0.2) is 31.7 Å². The molecule has 1 aliphatic heterocycles. The Labute approximate surface area is 203 Å². The van der Waals surface area contributed by atoms with Gasteiger partial charge in [-0.3, -0.25) is 4.79 Å². The number of halogens is 1. The molecule has 0 spiro atoms. The normalized spacial score (nSPS) is 17.0. The topological polar surface area (TPSA) is 57.7 Å². The fraction of sp³-hybridized carbons (Fsp3) is 0.346. The molecule has 5 rings (SSSR count). The molecule has 2 heterocycles. The first-order chi connectivity index (χ1) is 16.4. The van der Waals surface area contributed by atoms with Crippen LogP contribution in [0, 0.1) is 11.7 Å². The number of nitrogens with zero attached hydrogens (tertiary/aromatic N) is 2. The number of carbonyl (C=O) groups excluding carboxylic acids is 1. The van der Waals surface area contributed by atoms with Crippen molar-refractivity contribution in [3.8, 4) is 0 Å². The molecule has 1 saturated heterocycles. The van der Waals surface area contributed by atoms with Crippen LogP contribution in [0.2, 0.25) is 0 Å². The zero-order valence-corrected chi connectivity index (χ0v) is 20.5. The molecule has 0 unspecified atom stereocenters. The van der Waals surface area contributed by atoms with E-state index in [4.69, 9.17) is 0 Å². The number of hydrogen-bond donors (Lipinski definition) is 0. The molecule has 8 heteroatoms. The van der Waals surface area contributed by atoms with Crippen molar-refractivity contribution in [2.24, 2.45) is 5.92 Å². The largest absolute Gasteiger partial charge is 0.307 e. The first kappa shape index (κ1) is 23.2. The minimum atomic E-state index is -3.58. The number of carbonyl (C=O) groups is 1. The van der Waals surface area contributed by atoms with Gasteiger partial charge in [0.05, 0.1) is 11.4 Å². The average molecular weight is 499 g/mol. The lowest BCUT2D eigenvalue weighted by atomic mass is 9.96. The molecule has 34 heavy (non-hydrogen) atoms. The van der Waals surface area contributed by atoms with Crippen LogP contribution in [0.5, 0.6) is 0 Å². The number of hydrogen-bond acceptors (Lipinski definition) is 4. The van der Waals surface area contributed by atoms with Crippen molar-refractivity contribution in [1.29, 1.82) is 0 Å². The molecular weight excluding hydrogens is 471 g/mol. The Kier molecular flexibility index (Phi) is 6.55. The molecule has 1 aromatic heterocycles. The SMILES string of the molecule is O=C(C1CCN(S(=O)(=O)c2ccc3c(c2)CCC3)CC1)N(Cc1cccs1)c1ccc(F)cc1. The number of sulfonamides is 1. The Morgan fingerprint density at radius 3 is 2.47 bits per heavy atom. The summed E-state index contributed by atoms with van der Waals surface area (Å²) in [7, 11) is -3.58. The van der Waals surface area contributed by atoms with Crippen LogP contribution in [0.1, 0.15) is 35.3 Å². The van der Waals surface area contributed by atoms with E-state index in [0.29, 0.717) is 43.1 Å². The second-order valence-corrected chi connectivity index (χ2v) is 11.9. The minimum absolute atomic E-state index is 0.0467. The van der Waals surface area contributed by atoms with E-state index < -0.39 is 10.0 Å². The lowest BCUT2D eigenvalue weighted by Gasteiger charge is -2.33. The summed E-state index contributed by atoms with van der Waals surface area (Å²) in [6, 6.07) is 15.3. The monoisotopic (exact) mass is 498 g/mol. The van der Waals surface area contributed by atoms with E-state index in [1.807, 2.05) is 29.6 Å². The van der Waals surface area contributed by atoms with Crippen molar-refractivity contribution >= 4 is 33.0 Å². The summed E-state index contributed by atoms with van der Waals surface area (Å²) < 4.78 is 41.5. The van der Waals surface area contributed by atoms with Gasteiger partial charge in [0.1, 0.15) is 5.82 Å². The molecule has 0 atom stereocenters. The average Bonchev–Trinajstić information content (AvgIpc) is 3.54. The molecule has 0 bridgehead atoms. The molecule has 178 valence electrons. The van der Waals surface area contributed by atoms with Crippen molar-refractivity contribution in [3.05, 3.63) is 81.8 Å². The number of benzene rings is 2. The van der Waals surface area contributed by atoms with Crippen LogP contribution in [0.4, 0.5) is 10.1 Å². The Hall–Kier alpha value is -2.55. The first-order valence-electron chi connectivity index (χ1n) is 11.6. The van der Waals surface area contributed by atoms with Crippen LogP contribution in [-0.2, 0) is 34.2 Å². The van der Waals surface area contributed by atoms with Crippen molar-refractivity contribution in [1.82, 2.24) is 4.31 Å². The van der Waals surface area contributed by atoms with E-state index >= 15 is 0 Å². The van der Waals surface area contributed by atoms with Crippen molar-refractivity contribution < 1.29 is 17.6 Å². The van der Waals surface area contributed by atoms with Crippen LogP contribution >= 0.6 is 11.3 Å². The third-order valence-electron chi connectivity index (χ3n) is 6.81. The lowest BCUT2D eigenvalue weighted by Crippen LogP contribution is -2.44. The predicted octanol–water partition coefficient (Wildman–Crippen LogP) is 5.01. The maximum absolute atomic E-state index is 13.5. The highest BCUT2D eigenvalue weighted by molar-refractivity contribution is 7.89. The van der Waals surface area contributed by atoms with Crippen LogP contribution in [0.25, 0.3) is 0 Å². The molecule has 1 amide bonds. The molecule has 0 radical (unpaired) electrons. The highest BCUT2D eigenvalue weighted by Gasteiger charge is 2.34. The summed E-state index contributed by atoms with van der Waals surface area (Å²) in [5.41, 5.74) is 3.03. The summed E-state index contributed by atoms with van der Waals surface area (Å²) in [6.07, 6.45) is 3.94. The smallest absolute Gasteiger partial charge is 0.243 e. The van der Waals surface area contributed by atoms with E-state index in [9.17, 15) is 17.6 Å². The number of amides is 1. The molecule has 0 N–H and O–H groups in total. The maximum Gasteiger partial charge on any atom is 0.243 e. The fourth-order valence-electron chi connectivity index (χ4n) is 4.90. The number of piperidine rings is 1. The number of aryl methyl sites for hydroxylation is 2. The van der Waals surface area contributed by atoms with E-state index in [1.165, 1.54) is 22.0 Å². The van der Waals surface area contributed by atoms with Crippen molar-refractivity contribution in [3.63, 3.8) is 0 Å². The number of rotatable bonds is 6. The van der Waals surface area contributed by atoms with Crippen molar-refractivity contribution in [2.45, 2.75) is 43.5 Å². The molecular formula is C26H27FN2O3S2. The quantitative estimate of drug-likeness (QED) is 0.480. The Balaban J connectivity index is 1.30. The molecule has 2 aromatic carbocycles. The van der Waals surface area contributed by atoms with Crippen LogP contribution in [0.15, 0.2) is 64.9 Å². The zero-order chi connectivity index (χ0) is 23.7. The second-order valence-electron chi connectivity index (χ2n) is 8.94. The van der Waals surface area contributed by atoms with Gasteiger partial charge >= 0.3 is 0 Å². The molecule has 1 fully saturated rings. The van der Waals surface area contributed by atoms with Gasteiger partial charge in [-0.25, -0.2) is 12.8 Å². The minimum Gasteiger partial charge on any atom is -0.307 e. The molecule has 2 aliphatic rings. The van der Waals surface area contributed by atoms with Gasteiger partial charge in [0.25, 0.3) is 0 Å². The Morgan fingerprint density at radius 1 is 1.03 bits per heavy atom. The summed E-state index contributed by atoms with van der Waals surface area (Å²) in [5.74, 6) is -0.677. The van der Waals surface area contributed by atoms with E-state index in [2.05, 4.69) is 0 Å². The third-order valence-corrected chi connectivity index (χ3v) is 9.57. The molecule has 5 nitrogen and oxygen atoms in total.